The number of hydrogen-bond donors (Lipinski definition) is 2. The molecule has 0 saturated carbocycles. The third-order valence-electron chi connectivity index (χ3n) is 5.57. The number of benzene rings is 2. The molecule has 0 fully saturated rings. The summed E-state index contributed by atoms with van der Waals surface area (Å²) in [6.45, 7) is 4.61. The average Bonchev–Trinajstić information content (AvgIpc) is 3.31. The average molecular weight is 498 g/mol. The van der Waals surface area contributed by atoms with Gasteiger partial charge in [-0.25, -0.2) is 8.42 Å². The van der Waals surface area contributed by atoms with Crippen LogP contribution in [0.4, 0.5) is 11.4 Å². The molecule has 0 unspecified atom stereocenters. The number of nitrogens with one attached hydrogen (secondary N) is 2. The predicted molar refractivity (Wildman–Crippen MR) is 135 cm³/mol. The lowest BCUT2D eigenvalue weighted by Crippen LogP contribution is -2.36. The summed E-state index contributed by atoms with van der Waals surface area (Å²) in [4.78, 5) is 25.1. The van der Waals surface area contributed by atoms with Gasteiger partial charge in [0.1, 0.15) is 9.77 Å². The third-order valence-corrected chi connectivity index (χ3v) is 8.50. The summed E-state index contributed by atoms with van der Waals surface area (Å²) in [5.74, 6) is -0.294. The Morgan fingerprint density at radius 3 is 2.29 bits per heavy atom. The van der Waals surface area contributed by atoms with Crippen LogP contribution in [0.1, 0.15) is 41.1 Å². The first-order valence-corrected chi connectivity index (χ1v) is 13.4. The van der Waals surface area contributed by atoms with Crippen LogP contribution in [-0.4, -0.2) is 31.1 Å². The Morgan fingerprint density at radius 1 is 0.971 bits per heavy atom. The molecule has 4 rings (SSSR count). The van der Waals surface area contributed by atoms with Crippen molar-refractivity contribution in [2.75, 3.05) is 17.2 Å². The van der Waals surface area contributed by atoms with E-state index in [9.17, 15) is 18.0 Å². The minimum absolute atomic E-state index is 0.0203. The second kappa shape index (κ2) is 10.1. The van der Waals surface area contributed by atoms with Crippen molar-refractivity contribution < 1.29 is 18.0 Å². The van der Waals surface area contributed by atoms with Gasteiger partial charge in [-0.2, -0.15) is 4.31 Å². The van der Waals surface area contributed by atoms with E-state index in [4.69, 9.17) is 0 Å². The van der Waals surface area contributed by atoms with Crippen LogP contribution in [0, 0.1) is 5.92 Å². The molecule has 34 heavy (non-hydrogen) atoms. The number of hydrogen-bond acceptors (Lipinski definition) is 5. The molecule has 7 nitrogen and oxygen atoms in total. The van der Waals surface area contributed by atoms with Crippen LogP contribution in [0.5, 0.6) is 0 Å². The summed E-state index contributed by atoms with van der Waals surface area (Å²) in [6, 6.07) is 16.0. The molecule has 0 radical (unpaired) electrons. The number of thiophene rings is 1. The van der Waals surface area contributed by atoms with Crippen LogP contribution >= 0.6 is 11.3 Å². The molecule has 0 spiro atoms. The number of carbonyl (C=O) groups excluding carboxylic acids is 2. The molecule has 0 saturated heterocycles. The molecule has 1 aromatic heterocycles. The molecule has 1 aliphatic heterocycles. The molecule has 0 bridgehead atoms. The van der Waals surface area contributed by atoms with Crippen molar-refractivity contribution in [1.29, 1.82) is 0 Å². The highest BCUT2D eigenvalue weighted by molar-refractivity contribution is 7.89. The standard InChI is InChI=1S/C25H27N3O4S2/c1-17(2)15-23(29)26-20-7-9-21(10-8-20)27-25(30)24-22(12-14-33-24)34(31,32)28-13-11-18-5-3-4-6-19(18)16-28/h3-10,12,14,17H,11,13,15-16H2,1-2H3,(H,26,29)(H,27,30). The van der Waals surface area contributed by atoms with Crippen molar-refractivity contribution in [2.24, 2.45) is 5.92 Å². The topological polar surface area (TPSA) is 95.6 Å². The summed E-state index contributed by atoms with van der Waals surface area (Å²) < 4.78 is 28.2. The third kappa shape index (κ3) is 5.38. The highest BCUT2D eigenvalue weighted by Crippen LogP contribution is 2.30. The fourth-order valence-corrected chi connectivity index (χ4v) is 6.60. The van der Waals surface area contributed by atoms with Crippen molar-refractivity contribution in [3.63, 3.8) is 0 Å². The fraction of sp³-hybridized carbons (Fsp3) is 0.280. The Bertz CT molecular complexity index is 1300. The lowest BCUT2D eigenvalue weighted by Gasteiger charge is -2.28. The van der Waals surface area contributed by atoms with Crippen molar-refractivity contribution in [3.05, 3.63) is 76.0 Å². The maximum absolute atomic E-state index is 13.4. The maximum atomic E-state index is 13.4. The van der Waals surface area contributed by atoms with E-state index in [1.807, 2.05) is 38.1 Å². The zero-order chi connectivity index (χ0) is 24.3. The van der Waals surface area contributed by atoms with Gasteiger partial charge in [-0.1, -0.05) is 38.1 Å². The number of rotatable bonds is 7. The minimum atomic E-state index is -3.82. The Labute approximate surface area is 203 Å². The Balaban J connectivity index is 1.46. The first kappa shape index (κ1) is 24.1. The van der Waals surface area contributed by atoms with Crippen LogP contribution in [0.2, 0.25) is 0 Å². The Hall–Kier alpha value is -3.01. The number of carbonyl (C=O) groups is 2. The number of amides is 2. The zero-order valence-electron chi connectivity index (χ0n) is 19.1. The summed E-state index contributed by atoms with van der Waals surface area (Å²) in [5, 5.41) is 7.20. The zero-order valence-corrected chi connectivity index (χ0v) is 20.7. The monoisotopic (exact) mass is 497 g/mol. The van der Waals surface area contributed by atoms with Gasteiger partial charge in [-0.3, -0.25) is 9.59 Å². The Kier molecular flexibility index (Phi) is 7.16. The molecule has 178 valence electrons. The van der Waals surface area contributed by atoms with E-state index in [0.29, 0.717) is 37.3 Å². The van der Waals surface area contributed by atoms with E-state index in [2.05, 4.69) is 10.6 Å². The number of anilines is 2. The summed E-state index contributed by atoms with van der Waals surface area (Å²) in [7, 11) is -3.82. The van der Waals surface area contributed by atoms with Crippen molar-refractivity contribution in [1.82, 2.24) is 4.31 Å². The van der Waals surface area contributed by atoms with Crippen LogP contribution in [0.15, 0.2) is 64.9 Å². The molecule has 2 heterocycles. The van der Waals surface area contributed by atoms with Crippen LogP contribution < -0.4 is 10.6 Å². The fourth-order valence-electron chi connectivity index (χ4n) is 3.89. The SMILES string of the molecule is CC(C)CC(=O)Nc1ccc(NC(=O)c2sccc2S(=O)(=O)N2CCc3ccccc3C2)cc1. The molecule has 1 aliphatic rings. The van der Waals surface area contributed by atoms with E-state index in [-0.39, 0.29) is 21.6 Å². The molecule has 3 aromatic rings. The lowest BCUT2D eigenvalue weighted by molar-refractivity contribution is -0.116. The smallest absolute Gasteiger partial charge is 0.267 e. The van der Waals surface area contributed by atoms with Gasteiger partial charge >= 0.3 is 0 Å². The van der Waals surface area contributed by atoms with Gasteiger partial charge in [0, 0.05) is 30.9 Å². The normalized spacial score (nSPS) is 14.0. The van der Waals surface area contributed by atoms with Gasteiger partial charge in [0.25, 0.3) is 5.91 Å². The highest BCUT2D eigenvalue weighted by atomic mass is 32.2. The van der Waals surface area contributed by atoms with Gasteiger partial charge < -0.3 is 10.6 Å². The largest absolute Gasteiger partial charge is 0.326 e. The van der Waals surface area contributed by atoms with Crippen LogP contribution in [0.25, 0.3) is 0 Å². The van der Waals surface area contributed by atoms with E-state index in [1.165, 1.54) is 10.4 Å². The molecule has 0 aliphatic carbocycles. The van der Waals surface area contributed by atoms with Gasteiger partial charge in [-0.05, 0) is 59.2 Å². The van der Waals surface area contributed by atoms with Crippen LogP contribution in [-0.2, 0) is 27.8 Å². The van der Waals surface area contributed by atoms with E-state index in [1.54, 1.807) is 29.6 Å². The number of fused-ring (bicyclic) bond motifs is 1. The second-order valence-electron chi connectivity index (χ2n) is 8.65. The highest BCUT2D eigenvalue weighted by Gasteiger charge is 2.32. The first-order valence-electron chi connectivity index (χ1n) is 11.1. The van der Waals surface area contributed by atoms with E-state index in [0.717, 1.165) is 22.5 Å². The summed E-state index contributed by atoms with van der Waals surface area (Å²) >= 11 is 1.10. The van der Waals surface area contributed by atoms with Gasteiger partial charge in [-0.15, -0.1) is 11.3 Å². The van der Waals surface area contributed by atoms with Crippen molar-refractivity contribution >= 4 is 44.5 Å². The van der Waals surface area contributed by atoms with Crippen molar-refractivity contribution in [3.8, 4) is 0 Å². The molecular formula is C25H27N3O4S2. The number of sulfonamides is 1. The molecule has 9 heteroatoms. The summed E-state index contributed by atoms with van der Waals surface area (Å²) in [6.07, 6.45) is 1.07. The van der Waals surface area contributed by atoms with E-state index >= 15 is 0 Å². The molecule has 0 atom stereocenters. The van der Waals surface area contributed by atoms with Gasteiger partial charge in [0.2, 0.25) is 15.9 Å². The quantitative estimate of drug-likeness (QED) is 0.493. The summed E-state index contributed by atoms with van der Waals surface area (Å²) in [5.41, 5.74) is 3.28. The molecule has 2 N–H and O–H groups in total. The van der Waals surface area contributed by atoms with Gasteiger partial charge in [0.05, 0.1) is 0 Å². The predicted octanol–water partition coefficient (Wildman–Crippen LogP) is 4.73. The second-order valence-corrected chi connectivity index (χ2v) is 11.5. The lowest BCUT2D eigenvalue weighted by atomic mass is 10.0. The molecule has 2 aromatic carbocycles. The van der Waals surface area contributed by atoms with Gasteiger partial charge in [0.15, 0.2) is 0 Å². The molecule has 2 amide bonds. The first-order chi connectivity index (χ1) is 16.2. The van der Waals surface area contributed by atoms with E-state index < -0.39 is 15.9 Å². The number of nitrogens with zero attached hydrogens (tertiary/aromatic N) is 1. The molecular weight excluding hydrogens is 470 g/mol. The minimum Gasteiger partial charge on any atom is -0.326 e. The maximum Gasteiger partial charge on any atom is 0.267 e. The van der Waals surface area contributed by atoms with Crippen LogP contribution in [0.3, 0.4) is 0 Å². The Morgan fingerprint density at radius 2 is 1.62 bits per heavy atom. The van der Waals surface area contributed by atoms with Crippen molar-refractivity contribution in [2.45, 2.75) is 38.1 Å².